The summed E-state index contributed by atoms with van der Waals surface area (Å²) in [6, 6.07) is 2.37. The molecule has 0 radical (unpaired) electrons. The molecular formula is C20H27ClF5N3O5S. The highest BCUT2D eigenvalue weighted by Gasteiger charge is 2.54. The van der Waals surface area contributed by atoms with Crippen molar-refractivity contribution in [3.05, 3.63) is 29.6 Å². The molecule has 2 aliphatic rings. The average Bonchev–Trinajstić information content (AvgIpc) is 2.82. The predicted octanol–water partition coefficient (Wildman–Crippen LogP) is 3.50. The zero-order valence-electron chi connectivity index (χ0n) is 18.6. The Morgan fingerprint density at radius 1 is 1.14 bits per heavy atom. The van der Waals surface area contributed by atoms with E-state index in [-0.39, 0.29) is 57.5 Å². The fourth-order valence-corrected chi connectivity index (χ4v) is 6.50. The second-order valence-electron chi connectivity index (χ2n) is 8.52. The number of nitrogens with zero attached hydrogens (tertiary/aromatic N) is 2. The van der Waals surface area contributed by atoms with E-state index in [1.54, 1.807) is 0 Å². The first-order chi connectivity index (χ1) is 15.8. The fraction of sp³-hybridized carbons (Fsp3) is 0.700. The van der Waals surface area contributed by atoms with Crippen molar-refractivity contribution in [1.29, 1.82) is 0 Å². The molecule has 2 fully saturated rings. The number of hydrogen-bond donors (Lipinski definition) is 2. The van der Waals surface area contributed by atoms with Gasteiger partial charge in [0, 0.05) is 75.4 Å². The summed E-state index contributed by atoms with van der Waals surface area (Å²) in [6.45, 7) is 0.207. The van der Waals surface area contributed by atoms with Crippen LogP contribution in [0.5, 0.6) is 0 Å². The van der Waals surface area contributed by atoms with Crippen LogP contribution in [0.4, 0.5) is 22.0 Å². The van der Waals surface area contributed by atoms with Crippen LogP contribution in [0.15, 0.2) is 18.3 Å². The zero-order valence-corrected chi connectivity index (χ0v) is 20.2. The first-order valence-corrected chi connectivity index (χ1v) is 12.2. The SMILES string of the molecule is Cl.O=C(NO)C1(S(=O)(=O)N2CCC(c3ccc(C(F)(F)CCC(F)(F)F)cn3)CC2)CCOCC1. The number of ether oxygens (including phenoxy) is 1. The summed E-state index contributed by atoms with van der Waals surface area (Å²) in [5, 5.41) is 9.12. The summed E-state index contributed by atoms with van der Waals surface area (Å²) in [6.07, 6.45) is -6.41. The standard InChI is InChI=1S/C20H26F5N3O5S.ClH/c21-19(22,5-6-20(23,24)25)15-1-2-16(26-13-15)14-3-9-28(10-4-14)34(31,32)18(17(29)27-30)7-11-33-12-8-18;/h1-2,13-14,30H,3-12H2,(H,27,29);1H. The number of sulfonamides is 1. The van der Waals surface area contributed by atoms with Crippen molar-refractivity contribution in [2.45, 2.75) is 61.3 Å². The fourth-order valence-electron chi connectivity index (χ4n) is 4.35. The third-order valence-electron chi connectivity index (χ3n) is 6.45. The van der Waals surface area contributed by atoms with Crippen molar-refractivity contribution in [2.24, 2.45) is 0 Å². The lowest BCUT2D eigenvalue weighted by molar-refractivity contribution is -0.152. The number of hydrogen-bond acceptors (Lipinski definition) is 6. The lowest BCUT2D eigenvalue weighted by atomic mass is 9.93. The second kappa shape index (κ2) is 11.2. The van der Waals surface area contributed by atoms with Gasteiger partial charge in [0.25, 0.3) is 11.8 Å². The monoisotopic (exact) mass is 551 g/mol. The molecule has 200 valence electrons. The van der Waals surface area contributed by atoms with Gasteiger partial charge in [-0.05, 0) is 25.0 Å². The van der Waals surface area contributed by atoms with Crippen LogP contribution in [0.25, 0.3) is 0 Å². The normalized spacial score (nSPS) is 20.2. The van der Waals surface area contributed by atoms with Crippen LogP contribution >= 0.6 is 12.4 Å². The van der Waals surface area contributed by atoms with Crippen LogP contribution in [0.2, 0.25) is 0 Å². The van der Waals surface area contributed by atoms with Crippen LogP contribution in [0.1, 0.15) is 55.7 Å². The van der Waals surface area contributed by atoms with E-state index in [0.717, 1.165) is 12.3 Å². The summed E-state index contributed by atoms with van der Waals surface area (Å²) in [7, 11) is -4.14. The predicted molar refractivity (Wildman–Crippen MR) is 116 cm³/mol. The molecular weight excluding hydrogens is 525 g/mol. The third-order valence-corrected chi connectivity index (χ3v) is 9.08. The molecule has 0 aliphatic carbocycles. The quantitative estimate of drug-likeness (QED) is 0.305. The van der Waals surface area contributed by atoms with E-state index in [2.05, 4.69) is 4.98 Å². The van der Waals surface area contributed by atoms with E-state index in [1.807, 2.05) is 0 Å². The van der Waals surface area contributed by atoms with Gasteiger partial charge in [0.15, 0.2) is 4.75 Å². The Bertz CT molecular complexity index is 964. The van der Waals surface area contributed by atoms with Gasteiger partial charge in [-0.1, -0.05) is 0 Å². The number of carbonyl (C=O) groups excluding carboxylic acids is 1. The highest BCUT2D eigenvalue weighted by Crippen LogP contribution is 2.39. The second-order valence-corrected chi connectivity index (χ2v) is 10.8. The smallest absolute Gasteiger partial charge is 0.381 e. The minimum Gasteiger partial charge on any atom is -0.381 e. The summed E-state index contributed by atoms with van der Waals surface area (Å²) in [5.41, 5.74) is 1.27. The van der Waals surface area contributed by atoms with Crippen molar-refractivity contribution >= 4 is 28.3 Å². The molecule has 1 aromatic heterocycles. The first kappa shape index (κ1) is 29.6. The average molecular weight is 552 g/mol. The number of aromatic nitrogens is 1. The summed E-state index contributed by atoms with van der Waals surface area (Å²) in [4.78, 5) is 16.3. The number of piperidine rings is 1. The van der Waals surface area contributed by atoms with E-state index in [0.29, 0.717) is 18.5 Å². The number of pyridine rings is 1. The topological polar surface area (TPSA) is 109 Å². The number of alkyl halides is 5. The van der Waals surface area contributed by atoms with Gasteiger partial charge in [-0.25, -0.2) is 27.0 Å². The molecule has 2 aliphatic heterocycles. The molecule has 2 N–H and O–H groups in total. The number of hydroxylamine groups is 1. The molecule has 1 amide bonds. The number of rotatable bonds is 7. The number of nitrogens with one attached hydrogen (secondary N) is 1. The third kappa shape index (κ3) is 6.40. The molecule has 15 heteroatoms. The van der Waals surface area contributed by atoms with Crippen molar-refractivity contribution in [3.8, 4) is 0 Å². The Morgan fingerprint density at radius 3 is 2.23 bits per heavy atom. The minimum atomic E-state index is -4.69. The number of halogens is 6. The molecule has 0 bridgehead atoms. The van der Waals surface area contributed by atoms with Crippen molar-refractivity contribution in [3.63, 3.8) is 0 Å². The van der Waals surface area contributed by atoms with Crippen LogP contribution in [0, 0.1) is 0 Å². The minimum absolute atomic E-state index is 0. The maximum Gasteiger partial charge on any atom is 0.389 e. The molecule has 0 saturated carbocycles. The van der Waals surface area contributed by atoms with Crippen LogP contribution < -0.4 is 5.48 Å². The van der Waals surface area contributed by atoms with Gasteiger partial charge in [0.2, 0.25) is 10.0 Å². The van der Waals surface area contributed by atoms with Crippen molar-refractivity contribution in [1.82, 2.24) is 14.8 Å². The van der Waals surface area contributed by atoms with Crippen LogP contribution in [0.3, 0.4) is 0 Å². The molecule has 1 aromatic rings. The molecule has 35 heavy (non-hydrogen) atoms. The summed E-state index contributed by atoms with van der Waals surface area (Å²) < 4.78 is 96.2. The van der Waals surface area contributed by atoms with E-state index >= 15 is 0 Å². The van der Waals surface area contributed by atoms with Gasteiger partial charge in [0.1, 0.15) is 0 Å². The van der Waals surface area contributed by atoms with E-state index < -0.39 is 51.2 Å². The molecule has 2 saturated heterocycles. The lowest BCUT2D eigenvalue weighted by Gasteiger charge is -2.40. The Kier molecular flexibility index (Phi) is 9.48. The first-order valence-electron chi connectivity index (χ1n) is 10.8. The van der Waals surface area contributed by atoms with Gasteiger partial charge < -0.3 is 4.74 Å². The Morgan fingerprint density at radius 2 is 1.74 bits per heavy atom. The zero-order chi connectivity index (χ0) is 25.2. The van der Waals surface area contributed by atoms with Crippen LogP contribution in [-0.2, 0) is 25.5 Å². The Hall–Kier alpha value is -1.61. The van der Waals surface area contributed by atoms with Crippen molar-refractivity contribution < 1.29 is 45.1 Å². The summed E-state index contributed by atoms with van der Waals surface area (Å²) >= 11 is 0. The maximum atomic E-state index is 14.1. The van der Waals surface area contributed by atoms with Crippen molar-refractivity contribution in [2.75, 3.05) is 26.3 Å². The molecule has 0 spiro atoms. The molecule has 8 nitrogen and oxygen atoms in total. The van der Waals surface area contributed by atoms with Gasteiger partial charge in [-0.15, -0.1) is 12.4 Å². The maximum absolute atomic E-state index is 14.1. The molecule has 0 aromatic carbocycles. The Labute approximate surface area is 205 Å². The number of carbonyl (C=O) groups is 1. The van der Waals surface area contributed by atoms with Gasteiger partial charge in [0.05, 0.1) is 0 Å². The highest BCUT2D eigenvalue weighted by molar-refractivity contribution is 7.91. The lowest BCUT2D eigenvalue weighted by Crippen LogP contribution is -2.60. The molecule has 3 heterocycles. The van der Waals surface area contributed by atoms with Crippen LogP contribution in [-0.4, -0.2) is 66.0 Å². The summed E-state index contributed by atoms with van der Waals surface area (Å²) in [5.74, 6) is -4.94. The van der Waals surface area contributed by atoms with E-state index in [4.69, 9.17) is 9.94 Å². The van der Waals surface area contributed by atoms with Gasteiger partial charge >= 0.3 is 6.18 Å². The van der Waals surface area contributed by atoms with Gasteiger partial charge in [-0.2, -0.15) is 13.2 Å². The molecule has 0 unspecified atom stereocenters. The highest BCUT2D eigenvalue weighted by atomic mass is 35.5. The molecule has 0 atom stereocenters. The van der Waals surface area contributed by atoms with E-state index in [9.17, 15) is 35.2 Å². The Balaban J connectivity index is 0.00000432. The van der Waals surface area contributed by atoms with E-state index in [1.165, 1.54) is 15.9 Å². The van der Waals surface area contributed by atoms with Gasteiger partial charge in [-0.3, -0.25) is 15.0 Å². The largest absolute Gasteiger partial charge is 0.389 e. The number of amides is 1. The molecule has 3 rings (SSSR count).